The molecule has 0 saturated carbocycles. The van der Waals surface area contributed by atoms with E-state index in [9.17, 15) is 12.8 Å². The number of hydrogen-bond acceptors (Lipinski definition) is 4. The van der Waals surface area contributed by atoms with Crippen LogP contribution in [-0.2, 0) is 23.2 Å². The Bertz CT molecular complexity index is 1170. The third kappa shape index (κ3) is 3.58. The summed E-state index contributed by atoms with van der Waals surface area (Å²) in [5.41, 5.74) is 7.54. The Labute approximate surface area is 165 Å². The lowest BCUT2D eigenvalue weighted by molar-refractivity contribution is 0.591. The van der Waals surface area contributed by atoms with Gasteiger partial charge in [0.2, 0.25) is 0 Å². The van der Waals surface area contributed by atoms with Crippen LogP contribution in [0.25, 0.3) is 0 Å². The quantitative estimate of drug-likeness (QED) is 0.678. The van der Waals surface area contributed by atoms with E-state index in [4.69, 9.17) is 17.3 Å². The number of rotatable bonds is 4. The molecule has 0 aliphatic carbocycles. The Morgan fingerprint density at radius 3 is 2.61 bits per heavy atom. The van der Waals surface area contributed by atoms with Gasteiger partial charge in [-0.05, 0) is 35.4 Å². The average molecular weight is 420 g/mol. The number of fused-ring (bicyclic) bond motifs is 1. The summed E-state index contributed by atoms with van der Waals surface area (Å²) in [4.78, 5) is 7.40. The van der Waals surface area contributed by atoms with Crippen molar-refractivity contribution in [3.63, 3.8) is 0 Å². The number of H-pyrrole nitrogens is 1. The SMILES string of the molecule is NC1=NS(=O)(=O)N(Cc2ccc(Cl)cc2)c2nc(Cc3cccc(F)c3)[nH]c21. The van der Waals surface area contributed by atoms with Crippen molar-refractivity contribution in [2.75, 3.05) is 4.31 Å². The van der Waals surface area contributed by atoms with E-state index in [-0.39, 0.29) is 30.4 Å². The van der Waals surface area contributed by atoms with Gasteiger partial charge in [-0.2, -0.15) is 8.42 Å². The van der Waals surface area contributed by atoms with Gasteiger partial charge in [0.25, 0.3) is 0 Å². The third-order valence-corrected chi connectivity index (χ3v) is 5.76. The number of nitrogens with two attached hydrogens (primary N) is 1. The average Bonchev–Trinajstić information content (AvgIpc) is 3.04. The van der Waals surface area contributed by atoms with Crippen LogP contribution in [0.5, 0.6) is 0 Å². The van der Waals surface area contributed by atoms with Crippen molar-refractivity contribution in [1.82, 2.24) is 9.97 Å². The van der Waals surface area contributed by atoms with Crippen LogP contribution < -0.4 is 10.0 Å². The monoisotopic (exact) mass is 419 g/mol. The molecule has 1 aliphatic rings. The van der Waals surface area contributed by atoms with Crippen LogP contribution in [0.3, 0.4) is 0 Å². The van der Waals surface area contributed by atoms with Crippen molar-refractivity contribution in [3.8, 4) is 0 Å². The van der Waals surface area contributed by atoms with Gasteiger partial charge in [-0.15, -0.1) is 4.40 Å². The van der Waals surface area contributed by atoms with E-state index < -0.39 is 10.2 Å². The molecule has 3 N–H and O–H groups in total. The summed E-state index contributed by atoms with van der Waals surface area (Å²) in [7, 11) is -4.04. The lowest BCUT2D eigenvalue weighted by atomic mass is 10.1. The van der Waals surface area contributed by atoms with Crippen molar-refractivity contribution in [1.29, 1.82) is 0 Å². The van der Waals surface area contributed by atoms with Gasteiger partial charge in [0, 0.05) is 11.4 Å². The van der Waals surface area contributed by atoms with Gasteiger partial charge in [-0.1, -0.05) is 35.9 Å². The summed E-state index contributed by atoms with van der Waals surface area (Å²) in [5.74, 6) is 0.0861. The Morgan fingerprint density at radius 2 is 1.89 bits per heavy atom. The Morgan fingerprint density at radius 1 is 1.14 bits per heavy atom. The zero-order valence-corrected chi connectivity index (χ0v) is 16.0. The molecule has 10 heteroatoms. The third-order valence-electron chi connectivity index (χ3n) is 4.22. The van der Waals surface area contributed by atoms with Crippen LogP contribution >= 0.6 is 11.6 Å². The van der Waals surface area contributed by atoms with Gasteiger partial charge in [-0.3, -0.25) is 0 Å². The van der Waals surface area contributed by atoms with E-state index in [0.717, 1.165) is 4.31 Å². The first-order chi connectivity index (χ1) is 13.3. The van der Waals surface area contributed by atoms with Crippen LogP contribution in [0.15, 0.2) is 52.9 Å². The molecule has 28 heavy (non-hydrogen) atoms. The fourth-order valence-electron chi connectivity index (χ4n) is 2.94. The summed E-state index contributed by atoms with van der Waals surface area (Å²) in [5, 5.41) is 0.547. The van der Waals surface area contributed by atoms with E-state index in [0.29, 0.717) is 27.7 Å². The van der Waals surface area contributed by atoms with Crippen LogP contribution in [-0.4, -0.2) is 24.2 Å². The fraction of sp³-hybridized carbons (Fsp3) is 0.111. The molecular formula is C18H15ClFN5O2S. The molecular weight excluding hydrogens is 405 g/mol. The highest BCUT2D eigenvalue weighted by Gasteiger charge is 2.34. The molecule has 144 valence electrons. The Hall–Kier alpha value is -2.91. The smallest absolute Gasteiger partial charge is 0.348 e. The molecule has 2 aromatic carbocycles. The lowest BCUT2D eigenvalue weighted by Gasteiger charge is -2.24. The van der Waals surface area contributed by atoms with Crippen LogP contribution in [0.4, 0.5) is 10.2 Å². The molecule has 0 saturated heterocycles. The number of amidine groups is 1. The van der Waals surface area contributed by atoms with Crippen LogP contribution in [0, 0.1) is 5.82 Å². The standard InChI is InChI=1S/C18H15ClFN5O2S/c19-13-6-4-11(5-7-13)10-25-18-16(17(21)24-28(25,26)27)22-15(23-18)9-12-2-1-3-14(20)8-12/h1-8H,9-10H2,(H2,21,24)(H,22,23). The van der Waals surface area contributed by atoms with Gasteiger partial charge in [-0.25, -0.2) is 13.7 Å². The molecule has 4 rings (SSSR count). The van der Waals surface area contributed by atoms with Crippen molar-refractivity contribution in [3.05, 3.63) is 82.0 Å². The summed E-state index contributed by atoms with van der Waals surface area (Å²) in [6, 6.07) is 12.9. The largest absolute Gasteiger partial charge is 0.381 e. The topological polar surface area (TPSA) is 104 Å². The maximum atomic E-state index is 13.4. The first-order valence-electron chi connectivity index (χ1n) is 8.28. The number of imidazole rings is 1. The van der Waals surface area contributed by atoms with E-state index in [1.807, 2.05) is 0 Å². The van der Waals surface area contributed by atoms with Crippen LogP contribution in [0.2, 0.25) is 5.02 Å². The Balaban J connectivity index is 1.71. The second-order valence-electron chi connectivity index (χ2n) is 6.28. The maximum absolute atomic E-state index is 13.4. The first-order valence-corrected chi connectivity index (χ1v) is 10.1. The van der Waals surface area contributed by atoms with E-state index in [2.05, 4.69) is 14.4 Å². The van der Waals surface area contributed by atoms with E-state index in [1.165, 1.54) is 12.1 Å². The summed E-state index contributed by atoms with van der Waals surface area (Å²) in [6.07, 6.45) is 0.285. The van der Waals surface area contributed by atoms with Gasteiger partial charge < -0.3 is 10.7 Å². The minimum atomic E-state index is -4.04. The number of nitrogens with zero attached hydrogens (tertiary/aromatic N) is 3. The molecule has 0 spiro atoms. The minimum absolute atomic E-state index is 0.0214. The van der Waals surface area contributed by atoms with E-state index >= 15 is 0 Å². The first kappa shape index (κ1) is 18.5. The number of nitrogens with one attached hydrogen (secondary N) is 1. The minimum Gasteiger partial charge on any atom is -0.381 e. The molecule has 0 bridgehead atoms. The summed E-state index contributed by atoms with van der Waals surface area (Å²) >= 11 is 5.89. The summed E-state index contributed by atoms with van der Waals surface area (Å²) in [6.45, 7) is 0.0214. The van der Waals surface area contributed by atoms with Crippen molar-refractivity contribution < 1.29 is 12.8 Å². The predicted octanol–water partition coefficient (Wildman–Crippen LogP) is 2.76. The van der Waals surface area contributed by atoms with Gasteiger partial charge >= 0.3 is 10.2 Å². The number of anilines is 1. The second kappa shape index (κ2) is 6.92. The molecule has 0 atom stereocenters. The highest BCUT2D eigenvalue weighted by Crippen LogP contribution is 2.29. The molecule has 3 aromatic rings. The number of halogens is 2. The molecule has 1 aromatic heterocycles. The predicted molar refractivity (Wildman–Crippen MR) is 105 cm³/mol. The van der Waals surface area contributed by atoms with Crippen molar-refractivity contribution in [2.45, 2.75) is 13.0 Å². The lowest BCUT2D eigenvalue weighted by Crippen LogP contribution is -2.36. The molecule has 2 heterocycles. The zero-order chi connectivity index (χ0) is 19.9. The number of aromatic nitrogens is 2. The molecule has 0 amide bonds. The normalized spacial score (nSPS) is 15.2. The number of aromatic amines is 1. The molecule has 0 unspecified atom stereocenters. The van der Waals surface area contributed by atoms with Gasteiger partial charge in [0.1, 0.15) is 17.3 Å². The Kier molecular flexibility index (Phi) is 4.56. The van der Waals surface area contributed by atoms with E-state index in [1.54, 1.807) is 36.4 Å². The zero-order valence-electron chi connectivity index (χ0n) is 14.4. The summed E-state index contributed by atoms with van der Waals surface area (Å²) < 4.78 is 43.3. The van der Waals surface area contributed by atoms with Gasteiger partial charge in [0.15, 0.2) is 11.7 Å². The second-order valence-corrected chi connectivity index (χ2v) is 8.23. The maximum Gasteiger partial charge on any atom is 0.348 e. The van der Waals surface area contributed by atoms with Gasteiger partial charge in [0.05, 0.1) is 6.54 Å². The van der Waals surface area contributed by atoms with Crippen molar-refractivity contribution >= 4 is 33.5 Å². The molecule has 7 nitrogen and oxygen atoms in total. The molecule has 0 fully saturated rings. The molecule has 1 aliphatic heterocycles. The highest BCUT2D eigenvalue weighted by atomic mass is 35.5. The number of benzene rings is 2. The number of hydrogen-bond donors (Lipinski definition) is 2. The highest BCUT2D eigenvalue weighted by molar-refractivity contribution is 7.91. The fourth-order valence-corrected chi connectivity index (χ4v) is 4.16. The van der Waals surface area contributed by atoms with Crippen molar-refractivity contribution in [2.24, 2.45) is 10.1 Å². The van der Waals surface area contributed by atoms with Crippen LogP contribution in [0.1, 0.15) is 22.6 Å². The molecule has 0 radical (unpaired) electrons.